The van der Waals surface area contributed by atoms with Gasteiger partial charge in [-0.25, -0.2) is 0 Å². The summed E-state index contributed by atoms with van der Waals surface area (Å²) in [4.78, 5) is 3.31. The van der Waals surface area contributed by atoms with Gasteiger partial charge in [0.25, 0.3) is 0 Å². The van der Waals surface area contributed by atoms with Crippen LogP contribution in [0, 0.1) is 6.92 Å². The highest BCUT2D eigenvalue weighted by molar-refractivity contribution is 5.86. The lowest BCUT2D eigenvalue weighted by Crippen LogP contribution is -1.81. The Morgan fingerprint density at radius 2 is 1.93 bits per heavy atom. The summed E-state index contributed by atoms with van der Waals surface area (Å²) in [6.45, 7) is 8.40. The monoisotopic (exact) mass is 203 g/mol. The van der Waals surface area contributed by atoms with E-state index in [9.17, 15) is 0 Å². The Kier molecular flexibility index (Phi) is 4.41. The number of nitrogens with one attached hydrogen (secondary N) is 1. The van der Waals surface area contributed by atoms with E-state index in [2.05, 4.69) is 43.2 Å². The summed E-state index contributed by atoms with van der Waals surface area (Å²) >= 11 is 0. The Bertz CT molecular complexity index is 412. The Labute approximate surface area is 92.5 Å². The van der Waals surface area contributed by atoms with Gasteiger partial charge in [0.15, 0.2) is 0 Å². The van der Waals surface area contributed by atoms with Gasteiger partial charge in [-0.1, -0.05) is 39.3 Å². The maximum Gasteiger partial charge on any atom is 0.0459 e. The molecule has 0 spiro atoms. The molecule has 1 aromatic heterocycles. The quantitative estimate of drug-likeness (QED) is 0.742. The van der Waals surface area contributed by atoms with Crippen molar-refractivity contribution in [2.75, 3.05) is 0 Å². The fourth-order valence-electron chi connectivity index (χ4n) is 1.92. The molecule has 0 aliphatic heterocycles. The number of fused-ring (bicyclic) bond motifs is 1. The maximum absolute atomic E-state index is 3.31. The molecule has 2 rings (SSSR count). The van der Waals surface area contributed by atoms with Crippen LogP contribution in [0.5, 0.6) is 0 Å². The molecule has 0 atom stereocenters. The van der Waals surface area contributed by atoms with Crippen LogP contribution >= 0.6 is 0 Å². The predicted octanol–water partition coefficient (Wildman–Crippen LogP) is 4.46. The first-order chi connectivity index (χ1) is 7.33. The molecule has 0 aliphatic carbocycles. The number of aromatic nitrogens is 1. The summed E-state index contributed by atoms with van der Waals surface area (Å²) in [6.07, 6.45) is 4.52. The Balaban J connectivity index is 0.000000531. The SMILES string of the molecule is CC.CCCc1c[nH]c2cccc(C)c12. The van der Waals surface area contributed by atoms with Gasteiger partial charge in [0.05, 0.1) is 0 Å². The van der Waals surface area contributed by atoms with Crippen molar-refractivity contribution in [2.45, 2.75) is 40.5 Å². The third-order valence-corrected chi connectivity index (χ3v) is 2.52. The normalized spacial score (nSPS) is 9.87. The van der Waals surface area contributed by atoms with Crippen molar-refractivity contribution in [1.29, 1.82) is 0 Å². The van der Waals surface area contributed by atoms with Crippen LogP contribution in [0.3, 0.4) is 0 Å². The van der Waals surface area contributed by atoms with Gasteiger partial charge in [-0.2, -0.15) is 0 Å². The van der Waals surface area contributed by atoms with Crippen molar-refractivity contribution >= 4 is 10.9 Å². The van der Waals surface area contributed by atoms with Crippen LogP contribution in [0.4, 0.5) is 0 Å². The number of aromatic amines is 1. The van der Waals surface area contributed by atoms with E-state index < -0.39 is 0 Å². The molecule has 0 radical (unpaired) electrons. The summed E-state index contributed by atoms with van der Waals surface area (Å²) in [5.74, 6) is 0. The first-order valence-corrected chi connectivity index (χ1v) is 5.88. The van der Waals surface area contributed by atoms with Gasteiger partial charge in [-0.15, -0.1) is 0 Å². The third kappa shape index (κ3) is 2.41. The molecule has 1 heteroatoms. The minimum atomic E-state index is 1.17. The van der Waals surface area contributed by atoms with Gasteiger partial charge < -0.3 is 4.98 Å². The molecule has 1 aromatic carbocycles. The minimum Gasteiger partial charge on any atom is -0.361 e. The van der Waals surface area contributed by atoms with Crippen LogP contribution in [0.15, 0.2) is 24.4 Å². The minimum absolute atomic E-state index is 1.17. The second-order valence-electron chi connectivity index (χ2n) is 3.56. The fourth-order valence-corrected chi connectivity index (χ4v) is 1.92. The van der Waals surface area contributed by atoms with E-state index in [0.29, 0.717) is 0 Å². The number of hydrogen-bond acceptors (Lipinski definition) is 0. The second-order valence-corrected chi connectivity index (χ2v) is 3.56. The van der Waals surface area contributed by atoms with Crippen molar-refractivity contribution in [3.05, 3.63) is 35.5 Å². The molecule has 15 heavy (non-hydrogen) atoms. The van der Waals surface area contributed by atoms with Crippen molar-refractivity contribution in [3.63, 3.8) is 0 Å². The van der Waals surface area contributed by atoms with Crippen LogP contribution in [0.2, 0.25) is 0 Å². The number of benzene rings is 1. The average molecular weight is 203 g/mol. The molecule has 0 amide bonds. The van der Waals surface area contributed by atoms with Gasteiger partial charge in [0.1, 0.15) is 0 Å². The van der Waals surface area contributed by atoms with Crippen LogP contribution in [-0.4, -0.2) is 4.98 Å². The largest absolute Gasteiger partial charge is 0.361 e. The highest BCUT2D eigenvalue weighted by atomic mass is 14.7. The Hall–Kier alpha value is -1.24. The van der Waals surface area contributed by atoms with Crippen LogP contribution in [0.1, 0.15) is 38.3 Å². The highest BCUT2D eigenvalue weighted by Gasteiger charge is 2.03. The second kappa shape index (κ2) is 5.59. The molecule has 1 nitrogen and oxygen atoms in total. The van der Waals surface area contributed by atoms with Crippen LogP contribution < -0.4 is 0 Å². The molecule has 1 N–H and O–H groups in total. The van der Waals surface area contributed by atoms with Gasteiger partial charge in [0.2, 0.25) is 0 Å². The molecule has 1 heterocycles. The topological polar surface area (TPSA) is 15.8 Å². The van der Waals surface area contributed by atoms with E-state index in [1.54, 1.807) is 0 Å². The lowest BCUT2D eigenvalue weighted by atomic mass is 10.0. The number of hydrogen-bond donors (Lipinski definition) is 1. The fraction of sp³-hybridized carbons (Fsp3) is 0.429. The van der Waals surface area contributed by atoms with Crippen molar-refractivity contribution in [3.8, 4) is 0 Å². The Morgan fingerprint density at radius 3 is 2.60 bits per heavy atom. The van der Waals surface area contributed by atoms with E-state index in [1.807, 2.05) is 13.8 Å². The smallest absolute Gasteiger partial charge is 0.0459 e. The average Bonchev–Trinajstić information content (AvgIpc) is 2.67. The summed E-state index contributed by atoms with van der Waals surface area (Å²) in [5, 5.41) is 1.42. The molecular formula is C14H21N. The molecular weight excluding hydrogens is 182 g/mol. The Morgan fingerprint density at radius 1 is 1.20 bits per heavy atom. The predicted molar refractivity (Wildman–Crippen MR) is 68.4 cm³/mol. The lowest BCUT2D eigenvalue weighted by molar-refractivity contribution is 0.928. The van der Waals surface area contributed by atoms with Crippen molar-refractivity contribution in [2.24, 2.45) is 0 Å². The molecule has 0 bridgehead atoms. The molecule has 0 saturated carbocycles. The molecule has 2 aromatic rings. The molecule has 0 aliphatic rings. The zero-order chi connectivity index (χ0) is 11.3. The van der Waals surface area contributed by atoms with E-state index >= 15 is 0 Å². The molecule has 82 valence electrons. The number of aryl methyl sites for hydroxylation is 2. The lowest BCUT2D eigenvalue weighted by Gasteiger charge is -1.99. The number of H-pyrrole nitrogens is 1. The molecule has 0 fully saturated rings. The molecule has 0 unspecified atom stereocenters. The van der Waals surface area contributed by atoms with E-state index in [-0.39, 0.29) is 0 Å². The molecule has 0 saturated heterocycles. The first kappa shape index (κ1) is 11.8. The van der Waals surface area contributed by atoms with Crippen LogP contribution in [0.25, 0.3) is 10.9 Å². The maximum atomic E-state index is 3.31. The van der Waals surface area contributed by atoms with Gasteiger partial charge in [-0.3, -0.25) is 0 Å². The zero-order valence-corrected chi connectivity index (χ0v) is 10.2. The van der Waals surface area contributed by atoms with E-state index in [0.717, 1.165) is 0 Å². The first-order valence-electron chi connectivity index (χ1n) is 5.88. The van der Waals surface area contributed by atoms with Crippen molar-refractivity contribution < 1.29 is 0 Å². The third-order valence-electron chi connectivity index (χ3n) is 2.52. The number of rotatable bonds is 2. The van der Waals surface area contributed by atoms with Gasteiger partial charge in [0, 0.05) is 17.1 Å². The van der Waals surface area contributed by atoms with E-state index in [1.165, 1.54) is 34.9 Å². The summed E-state index contributed by atoms with van der Waals surface area (Å²) < 4.78 is 0. The van der Waals surface area contributed by atoms with Gasteiger partial charge in [-0.05, 0) is 30.5 Å². The highest BCUT2D eigenvalue weighted by Crippen LogP contribution is 2.22. The standard InChI is InChI=1S/C12H15N.C2H6/c1-3-5-10-8-13-11-7-4-6-9(2)12(10)11;1-2/h4,6-8,13H,3,5H2,1-2H3;1-2H3. The van der Waals surface area contributed by atoms with E-state index in [4.69, 9.17) is 0 Å². The summed E-state index contributed by atoms with van der Waals surface area (Å²) in [6, 6.07) is 6.42. The van der Waals surface area contributed by atoms with Gasteiger partial charge >= 0.3 is 0 Å². The van der Waals surface area contributed by atoms with Crippen LogP contribution in [-0.2, 0) is 6.42 Å². The zero-order valence-electron chi connectivity index (χ0n) is 10.2. The van der Waals surface area contributed by atoms with Crippen molar-refractivity contribution in [1.82, 2.24) is 4.98 Å². The summed E-state index contributed by atoms with van der Waals surface area (Å²) in [7, 11) is 0. The summed E-state index contributed by atoms with van der Waals surface area (Å²) in [5.41, 5.74) is 4.10.